The van der Waals surface area contributed by atoms with Crippen molar-refractivity contribution in [1.29, 1.82) is 0 Å². The predicted octanol–water partition coefficient (Wildman–Crippen LogP) is 2.78. The molecule has 1 aliphatic carbocycles. The van der Waals surface area contributed by atoms with Crippen LogP contribution in [-0.4, -0.2) is 54.7 Å². The molecule has 32 heavy (non-hydrogen) atoms. The van der Waals surface area contributed by atoms with Crippen LogP contribution in [0.25, 0.3) is 0 Å². The van der Waals surface area contributed by atoms with E-state index in [2.05, 4.69) is 8.96 Å². The normalized spacial score (nSPS) is 21.4. The highest BCUT2D eigenvalue weighted by atomic mass is 32.2. The van der Waals surface area contributed by atoms with Gasteiger partial charge in [0.05, 0.1) is 0 Å². The number of fused-ring (bicyclic) bond motifs is 1. The summed E-state index contributed by atoms with van der Waals surface area (Å²) in [7, 11) is -3.77. The fraction of sp³-hybridized carbons (Fsp3) is 0.435. The van der Waals surface area contributed by atoms with E-state index in [-0.39, 0.29) is 23.1 Å². The molecule has 168 valence electrons. The maximum Gasteiger partial charge on any atom is 0.329 e. The number of ether oxygens (including phenoxy) is 1. The molecular weight excluding hydrogens is 430 g/mol. The van der Waals surface area contributed by atoms with Crippen LogP contribution in [0, 0.1) is 13.8 Å². The molecule has 3 aliphatic rings. The third kappa shape index (κ3) is 3.44. The Kier molecular flexibility index (Phi) is 4.96. The van der Waals surface area contributed by atoms with Gasteiger partial charge in [-0.15, -0.1) is 4.40 Å². The van der Waals surface area contributed by atoms with Crippen molar-refractivity contribution in [3.8, 4) is 0 Å². The molecule has 0 bridgehead atoms. The van der Waals surface area contributed by atoms with E-state index in [0.29, 0.717) is 36.6 Å². The number of esters is 1. The van der Waals surface area contributed by atoms with E-state index in [1.54, 1.807) is 23.1 Å². The summed E-state index contributed by atoms with van der Waals surface area (Å²) < 4.78 is 36.3. The number of carbonyl (C=O) groups excluding carboxylic acids is 2. The van der Waals surface area contributed by atoms with Gasteiger partial charge >= 0.3 is 5.97 Å². The smallest absolute Gasteiger partial charge is 0.329 e. The van der Waals surface area contributed by atoms with Crippen molar-refractivity contribution in [2.45, 2.75) is 56.5 Å². The van der Waals surface area contributed by atoms with Crippen LogP contribution in [0.3, 0.4) is 0 Å². The number of aryl methyl sites for hydroxylation is 1. The van der Waals surface area contributed by atoms with E-state index in [1.165, 1.54) is 6.07 Å². The van der Waals surface area contributed by atoms with Crippen LogP contribution in [0.2, 0.25) is 0 Å². The van der Waals surface area contributed by atoms with Crippen LogP contribution in [0.5, 0.6) is 0 Å². The quantitative estimate of drug-likeness (QED) is 0.508. The molecular formula is C23H25N3O5S. The molecule has 0 unspecified atom stereocenters. The Bertz CT molecular complexity index is 1260. The molecule has 1 aromatic carbocycles. The third-order valence-electron chi connectivity index (χ3n) is 6.45. The lowest BCUT2D eigenvalue weighted by atomic mass is 10.1. The van der Waals surface area contributed by atoms with Crippen molar-refractivity contribution in [2.24, 2.45) is 4.40 Å². The predicted molar refractivity (Wildman–Crippen MR) is 117 cm³/mol. The molecule has 2 aliphatic heterocycles. The van der Waals surface area contributed by atoms with E-state index in [4.69, 9.17) is 4.74 Å². The minimum absolute atomic E-state index is 0.148. The van der Waals surface area contributed by atoms with Gasteiger partial charge in [0.2, 0.25) is 5.78 Å². The second kappa shape index (κ2) is 7.58. The maximum absolute atomic E-state index is 12.9. The van der Waals surface area contributed by atoms with Gasteiger partial charge in [0.1, 0.15) is 10.9 Å². The number of ketones is 1. The summed E-state index contributed by atoms with van der Waals surface area (Å²) in [5, 5.41) is 0. The lowest BCUT2D eigenvalue weighted by Gasteiger charge is -2.24. The summed E-state index contributed by atoms with van der Waals surface area (Å²) in [5.74, 6) is -0.482. The van der Waals surface area contributed by atoms with Gasteiger partial charge in [-0.2, -0.15) is 8.42 Å². The first-order valence-corrected chi connectivity index (χ1v) is 12.3. The Morgan fingerprint density at radius 1 is 1.16 bits per heavy atom. The molecule has 0 N–H and O–H groups in total. The standard InChI is InChI=1S/C23H25N3O5S/c1-14-12-18(15(2)26(14)16-9-10-16)20(27)13-31-23(28)19-7-5-11-25(19)22-17-6-3-4-8-21(17)32(29,30)24-22/h3-4,6,8,12,16,19H,5,7,9-11,13H2,1-2H3/t19-/m0/s1. The summed E-state index contributed by atoms with van der Waals surface area (Å²) in [6.07, 6.45) is 3.47. The highest BCUT2D eigenvalue weighted by Crippen LogP contribution is 2.38. The van der Waals surface area contributed by atoms with Crippen LogP contribution < -0.4 is 0 Å². The zero-order chi connectivity index (χ0) is 22.6. The summed E-state index contributed by atoms with van der Waals surface area (Å²) in [5.41, 5.74) is 3.04. The Morgan fingerprint density at radius 2 is 1.91 bits per heavy atom. The zero-order valence-electron chi connectivity index (χ0n) is 18.1. The summed E-state index contributed by atoms with van der Waals surface area (Å²) in [4.78, 5) is 27.5. The number of hydrogen-bond donors (Lipinski definition) is 0. The van der Waals surface area contributed by atoms with Gasteiger partial charge in [0, 0.05) is 35.1 Å². The first-order valence-electron chi connectivity index (χ1n) is 10.9. The van der Waals surface area contributed by atoms with Gasteiger partial charge in [-0.25, -0.2) is 4.79 Å². The molecule has 1 atom stereocenters. The fourth-order valence-electron chi connectivity index (χ4n) is 4.83. The van der Waals surface area contributed by atoms with E-state index < -0.39 is 22.0 Å². The second-order valence-electron chi connectivity index (χ2n) is 8.65. The molecule has 8 nitrogen and oxygen atoms in total. The summed E-state index contributed by atoms with van der Waals surface area (Å²) in [6, 6.07) is 8.27. The van der Waals surface area contributed by atoms with E-state index in [1.807, 2.05) is 19.9 Å². The van der Waals surface area contributed by atoms with Gasteiger partial charge in [0.25, 0.3) is 10.0 Å². The highest BCUT2D eigenvalue weighted by molar-refractivity contribution is 7.90. The lowest BCUT2D eigenvalue weighted by molar-refractivity contribution is -0.146. The molecule has 1 saturated carbocycles. The first kappa shape index (κ1) is 20.9. The van der Waals surface area contributed by atoms with Crippen LogP contribution in [0.15, 0.2) is 39.6 Å². The average Bonchev–Trinajstić information content (AvgIpc) is 3.28. The molecule has 3 heterocycles. The number of sulfonamides is 1. The molecule has 5 rings (SSSR count). The van der Waals surface area contributed by atoms with Gasteiger partial charge in [-0.05, 0) is 57.7 Å². The van der Waals surface area contributed by atoms with E-state index >= 15 is 0 Å². The molecule has 0 spiro atoms. The van der Waals surface area contributed by atoms with Crippen molar-refractivity contribution in [3.05, 3.63) is 52.8 Å². The van der Waals surface area contributed by atoms with Crippen molar-refractivity contribution < 1.29 is 22.7 Å². The highest BCUT2D eigenvalue weighted by Gasteiger charge is 2.40. The Hall–Kier alpha value is -2.94. The number of carbonyl (C=O) groups is 2. The van der Waals surface area contributed by atoms with Crippen LogP contribution in [0.4, 0.5) is 0 Å². The fourth-order valence-corrected chi connectivity index (χ4v) is 6.04. The number of amidine groups is 1. The topological polar surface area (TPSA) is 98.0 Å². The number of nitrogens with zero attached hydrogens (tertiary/aromatic N) is 3. The van der Waals surface area contributed by atoms with Crippen molar-refractivity contribution >= 4 is 27.6 Å². The van der Waals surface area contributed by atoms with Crippen LogP contribution in [0.1, 0.15) is 59.0 Å². The van der Waals surface area contributed by atoms with E-state index in [9.17, 15) is 18.0 Å². The van der Waals surface area contributed by atoms with Crippen molar-refractivity contribution in [3.63, 3.8) is 0 Å². The molecule has 9 heteroatoms. The number of rotatable bonds is 5. The number of benzene rings is 1. The average molecular weight is 456 g/mol. The van der Waals surface area contributed by atoms with Crippen LogP contribution in [-0.2, 0) is 19.6 Å². The number of hydrogen-bond acceptors (Lipinski definition) is 6. The minimum Gasteiger partial charge on any atom is -0.456 e. The lowest BCUT2D eigenvalue weighted by Crippen LogP contribution is -2.41. The second-order valence-corrected chi connectivity index (χ2v) is 10.2. The number of Topliss-reactive ketones (excluding diaryl/α,β-unsaturated/α-hetero) is 1. The van der Waals surface area contributed by atoms with Gasteiger partial charge < -0.3 is 14.2 Å². The third-order valence-corrected chi connectivity index (χ3v) is 7.78. The SMILES string of the molecule is Cc1cc(C(=O)COC(=O)[C@@H]2CCCN2C2=NS(=O)(=O)c3ccccc32)c(C)n1C1CC1. The zero-order valence-corrected chi connectivity index (χ0v) is 18.9. The number of likely N-dealkylation sites (tertiary alicyclic amines) is 1. The maximum atomic E-state index is 12.9. The van der Waals surface area contributed by atoms with Gasteiger partial charge in [-0.3, -0.25) is 4.79 Å². The minimum atomic E-state index is -3.77. The van der Waals surface area contributed by atoms with E-state index in [0.717, 1.165) is 24.2 Å². The molecule has 2 fully saturated rings. The Balaban J connectivity index is 1.30. The summed E-state index contributed by atoms with van der Waals surface area (Å²) in [6.45, 7) is 4.08. The summed E-state index contributed by atoms with van der Waals surface area (Å²) >= 11 is 0. The van der Waals surface area contributed by atoms with Crippen LogP contribution >= 0.6 is 0 Å². The monoisotopic (exact) mass is 455 g/mol. The Labute approximate surface area is 186 Å². The molecule has 0 radical (unpaired) electrons. The molecule has 1 aromatic heterocycles. The van der Waals surface area contributed by atoms with Crippen molar-refractivity contribution in [1.82, 2.24) is 9.47 Å². The molecule has 2 aromatic rings. The molecule has 1 saturated heterocycles. The molecule has 0 amide bonds. The first-order chi connectivity index (χ1) is 15.3. The van der Waals surface area contributed by atoms with Gasteiger partial charge in [-0.1, -0.05) is 12.1 Å². The van der Waals surface area contributed by atoms with Crippen molar-refractivity contribution in [2.75, 3.05) is 13.2 Å². The Morgan fingerprint density at radius 3 is 2.66 bits per heavy atom. The van der Waals surface area contributed by atoms with Gasteiger partial charge in [0.15, 0.2) is 12.4 Å². The largest absolute Gasteiger partial charge is 0.456 e. The number of aromatic nitrogens is 1.